The third-order valence-corrected chi connectivity index (χ3v) is 3.90. The maximum Gasteiger partial charge on any atom is 0.308 e. The van der Waals surface area contributed by atoms with E-state index in [0.29, 0.717) is 12.8 Å². The molecule has 0 radical (unpaired) electrons. The summed E-state index contributed by atoms with van der Waals surface area (Å²) in [4.78, 5) is 22.8. The van der Waals surface area contributed by atoms with Gasteiger partial charge in [0.25, 0.3) is 0 Å². The number of hydrogen-bond acceptors (Lipinski definition) is 3. The van der Waals surface area contributed by atoms with Crippen molar-refractivity contribution in [3.63, 3.8) is 0 Å². The van der Waals surface area contributed by atoms with Gasteiger partial charge in [-0.3, -0.25) is 9.59 Å². The van der Waals surface area contributed by atoms with Gasteiger partial charge in [-0.25, -0.2) is 0 Å². The van der Waals surface area contributed by atoms with Gasteiger partial charge in [0, 0.05) is 19.1 Å². The lowest BCUT2D eigenvalue weighted by atomic mass is 10.0. The minimum atomic E-state index is -0.795. The number of nitrogens with one attached hydrogen (secondary N) is 1. The van der Waals surface area contributed by atoms with E-state index >= 15 is 0 Å². The van der Waals surface area contributed by atoms with E-state index < -0.39 is 11.9 Å². The van der Waals surface area contributed by atoms with Crippen molar-refractivity contribution < 1.29 is 19.4 Å². The molecular formula is C13H21NO4. The number of amides is 1. The molecule has 5 heteroatoms. The van der Waals surface area contributed by atoms with Crippen LogP contribution in [0.2, 0.25) is 0 Å². The fourth-order valence-electron chi connectivity index (χ4n) is 2.87. The van der Waals surface area contributed by atoms with Gasteiger partial charge in [-0.05, 0) is 32.1 Å². The molecular weight excluding hydrogens is 234 g/mol. The van der Waals surface area contributed by atoms with Crippen LogP contribution in [0.25, 0.3) is 0 Å². The highest BCUT2D eigenvalue weighted by Gasteiger charge is 2.33. The van der Waals surface area contributed by atoms with Crippen LogP contribution in [0.5, 0.6) is 0 Å². The van der Waals surface area contributed by atoms with Crippen molar-refractivity contribution in [3.8, 4) is 0 Å². The summed E-state index contributed by atoms with van der Waals surface area (Å²) in [7, 11) is 0. The Morgan fingerprint density at radius 2 is 2.06 bits per heavy atom. The van der Waals surface area contributed by atoms with Crippen molar-refractivity contribution in [1.82, 2.24) is 5.32 Å². The van der Waals surface area contributed by atoms with E-state index in [0.717, 1.165) is 38.7 Å². The van der Waals surface area contributed by atoms with E-state index in [1.165, 1.54) is 0 Å². The van der Waals surface area contributed by atoms with Crippen LogP contribution < -0.4 is 5.32 Å². The third-order valence-electron chi connectivity index (χ3n) is 3.90. The first kappa shape index (κ1) is 13.3. The van der Waals surface area contributed by atoms with Gasteiger partial charge in [0.2, 0.25) is 5.91 Å². The van der Waals surface area contributed by atoms with E-state index in [2.05, 4.69) is 5.32 Å². The fourth-order valence-corrected chi connectivity index (χ4v) is 2.87. The molecule has 5 nitrogen and oxygen atoms in total. The second-order valence-electron chi connectivity index (χ2n) is 5.22. The molecule has 1 heterocycles. The number of hydrogen-bond donors (Lipinski definition) is 2. The third kappa shape index (κ3) is 3.45. The predicted octanol–water partition coefficient (Wildman–Crippen LogP) is 1.32. The molecule has 0 aromatic heterocycles. The summed E-state index contributed by atoms with van der Waals surface area (Å²) in [5, 5.41) is 11.9. The Hall–Kier alpha value is -1.10. The van der Waals surface area contributed by atoms with Crippen molar-refractivity contribution in [2.24, 2.45) is 5.92 Å². The molecule has 2 aliphatic rings. The van der Waals surface area contributed by atoms with Gasteiger partial charge < -0.3 is 15.2 Å². The van der Waals surface area contributed by atoms with Gasteiger partial charge in [0.05, 0.1) is 12.0 Å². The molecule has 3 atom stereocenters. The molecule has 18 heavy (non-hydrogen) atoms. The quantitative estimate of drug-likeness (QED) is 0.776. The zero-order valence-corrected chi connectivity index (χ0v) is 10.6. The summed E-state index contributed by atoms with van der Waals surface area (Å²) in [6.07, 6.45) is 5.85. The lowest BCUT2D eigenvalue weighted by Gasteiger charge is -2.18. The van der Waals surface area contributed by atoms with Crippen LogP contribution in [0, 0.1) is 5.92 Å². The maximum atomic E-state index is 11.8. The monoisotopic (exact) mass is 255 g/mol. The van der Waals surface area contributed by atoms with Crippen LogP contribution in [0.4, 0.5) is 0 Å². The first-order chi connectivity index (χ1) is 8.66. The van der Waals surface area contributed by atoms with Crippen molar-refractivity contribution in [3.05, 3.63) is 0 Å². The number of carboxylic acids is 1. The number of aliphatic carboxylic acids is 1. The summed E-state index contributed by atoms with van der Waals surface area (Å²) < 4.78 is 5.46. The Balaban J connectivity index is 1.71. The lowest BCUT2D eigenvalue weighted by molar-refractivity contribution is -0.142. The van der Waals surface area contributed by atoms with Gasteiger partial charge in [0.15, 0.2) is 0 Å². The lowest BCUT2D eigenvalue weighted by Crippen LogP contribution is -2.40. The number of ether oxygens (including phenoxy) is 1. The molecule has 1 amide bonds. The average Bonchev–Trinajstić information content (AvgIpc) is 2.96. The van der Waals surface area contributed by atoms with E-state index in [1.807, 2.05) is 0 Å². The number of rotatable bonds is 5. The van der Waals surface area contributed by atoms with Crippen LogP contribution >= 0.6 is 0 Å². The van der Waals surface area contributed by atoms with Crippen molar-refractivity contribution in [1.29, 1.82) is 0 Å². The summed E-state index contributed by atoms with van der Waals surface area (Å²) in [6, 6.07) is -0.181. The second-order valence-corrected chi connectivity index (χ2v) is 5.22. The molecule has 0 bridgehead atoms. The van der Waals surface area contributed by atoms with E-state index in [-0.39, 0.29) is 18.1 Å². The first-order valence-corrected chi connectivity index (χ1v) is 6.80. The van der Waals surface area contributed by atoms with Crippen LogP contribution in [0.3, 0.4) is 0 Å². The standard InChI is InChI=1S/C13H21NO4/c15-12(7-6-9-3-2-8-18-9)14-11-5-1-4-10(11)13(16)17/h9-11H,1-8H2,(H,14,15)(H,16,17)/t9?,10-,11+/m1/s1. The Kier molecular flexibility index (Phi) is 4.58. The minimum absolute atomic E-state index is 0.0383. The largest absolute Gasteiger partial charge is 0.481 e. The Labute approximate surface area is 107 Å². The first-order valence-electron chi connectivity index (χ1n) is 6.80. The zero-order chi connectivity index (χ0) is 13.0. The van der Waals surface area contributed by atoms with Crippen molar-refractivity contribution in [2.75, 3.05) is 6.61 Å². The summed E-state index contributed by atoms with van der Waals surface area (Å²) in [5.41, 5.74) is 0. The molecule has 2 fully saturated rings. The molecule has 0 aromatic carbocycles. The Bertz CT molecular complexity index is 312. The highest BCUT2D eigenvalue weighted by Crippen LogP contribution is 2.26. The zero-order valence-electron chi connectivity index (χ0n) is 10.6. The highest BCUT2D eigenvalue weighted by atomic mass is 16.5. The molecule has 1 unspecified atom stereocenters. The van der Waals surface area contributed by atoms with Crippen molar-refractivity contribution in [2.45, 2.75) is 57.1 Å². The topological polar surface area (TPSA) is 75.6 Å². The number of carboxylic acid groups (broad SMARTS) is 1. The van der Waals surface area contributed by atoms with Crippen molar-refractivity contribution >= 4 is 11.9 Å². The van der Waals surface area contributed by atoms with E-state index in [1.54, 1.807) is 0 Å². The normalized spacial score (nSPS) is 31.4. The summed E-state index contributed by atoms with van der Waals surface area (Å²) >= 11 is 0. The maximum absolute atomic E-state index is 11.8. The van der Waals surface area contributed by atoms with Gasteiger partial charge in [-0.2, -0.15) is 0 Å². The molecule has 1 aliphatic carbocycles. The van der Waals surface area contributed by atoms with Crippen LogP contribution in [-0.4, -0.2) is 35.7 Å². The molecule has 2 N–H and O–H groups in total. The molecule has 0 spiro atoms. The van der Waals surface area contributed by atoms with Crippen LogP contribution in [-0.2, 0) is 14.3 Å². The molecule has 1 aliphatic heterocycles. The minimum Gasteiger partial charge on any atom is -0.481 e. The smallest absolute Gasteiger partial charge is 0.308 e. The number of carbonyl (C=O) groups is 2. The molecule has 2 rings (SSSR count). The molecule has 1 saturated carbocycles. The summed E-state index contributed by atoms with van der Waals surface area (Å²) in [5.74, 6) is -1.24. The second kappa shape index (κ2) is 6.18. The van der Waals surface area contributed by atoms with Gasteiger partial charge in [0.1, 0.15) is 0 Å². The average molecular weight is 255 g/mol. The van der Waals surface area contributed by atoms with E-state index in [9.17, 15) is 9.59 Å². The van der Waals surface area contributed by atoms with Gasteiger partial charge in [-0.15, -0.1) is 0 Å². The molecule has 0 aromatic rings. The van der Waals surface area contributed by atoms with Gasteiger partial charge in [-0.1, -0.05) is 6.42 Å². The molecule has 1 saturated heterocycles. The Morgan fingerprint density at radius 1 is 1.22 bits per heavy atom. The van der Waals surface area contributed by atoms with Crippen LogP contribution in [0.1, 0.15) is 44.9 Å². The van der Waals surface area contributed by atoms with E-state index in [4.69, 9.17) is 9.84 Å². The Morgan fingerprint density at radius 3 is 2.72 bits per heavy atom. The van der Waals surface area contributed by atoms with Crippen LogP contribution in [0.15, 0.2) is 0 Å². The SMILES string of the molecule is O=C(CCC1CCCO1)N[C@H]1CCC[C@H]1C(=O)O. The highest BCUT2D eigenvalue weighted by molar-refractivity contribution is 5.78. The fraction of sp³-hybridized carbons (Fsp3) is 0.846. The summed E-state index contributed by atoms with van der Waals surface area (Å²) in [6.45, 7) is 0.802. The number of carbonyl (C=O) groups excluding carboxylic acids is 1. The van der Waals surface area contributed by atoms with Gasteiger partial charge >= 0.3 is 5.97 Å². The predicted molar refractivity (Wildman–Crippen MR) is 65.1 cm³/mol. The molecule has 102 valence electrons.